The first kappa shape index (κ1) is 19.5. The number of pyridine rings is 1. The molecule has 0 spiro atoms. The lowest BCUT2D eigenvalue weighted by Gasteiger charge is -2.61. The highest BCUT2D eigenvalue weighted by atomic mass is 15.5. The van der Waals surface area contributed by atoms with E-state index in [0.717, 1.165) is 28.2 Å². The van der Waals surface area contributed by atoms with Gasteiger partial charge < -0.3 is 28.0 Å². The fourth-order valence-corrected chi connectivity index (χ4v) is 5.73. The molecule has 13 heteroatoms. The highest BCUT2D eigenvalue weighted by Crippen LogP contribution is 2.41. The van der Waals surface area contributed by atoms with Gasteiger partial charge in [-0.15, -0.1) is 0 Å². The maximum absolute atomic E-state index is 5.07. The second kappa shape index (κ2) is 6.65. The number of anilines is 1. The molecule has 0 unspecified atom stereocenters. The summed E-state index contributed by atoms with van der Waals surface area (Å²) in [6.45, 7) is 7.62. The van der Waals surface area contributed by atoms with E-state index >= 15 is 0 Å². The Labute approximate surface area is 185 Å². The molecule has 0 amide bonds. The van der Waals surface area contributed by atoms with Crippen molar-refractivity contribution in [2.24, 2.45) is 0 Å². The molecule has 3 aliphatic rings. The van der Waals surface area contributed by atoms with E-state index in [-0.39, 0.29) is 28.2 Å². The van der Waals surface area contributed by atoms with E-state index in [0.29, 0.717) is 6.98 Å². The number of fused-ring (bicyclic) bond motifs is 10. The summed E-state index contributed by atoms with van der Waals surface area (Å²) in [5, 5.41) is 0. The van der Waals surface area contributed by atoms with Gasteiger partial charge in [0.1, 0.15) is 11.6 Å². The zero-order chi connectivity index (χ0) is 21.6. The number of para-hydroxylation sites is 2. The van der Waals surface area contributed by atoms with Gasteiger partial charge in [0.25, 0.3) is 14.0 Å². The topological polar surface area (TPSA) is 46.9 Å². The Balaban J connectivity index is 1.66. The number of hydrogen-bond donors (Lipinski definition) is 0. The summed E-state index contributed by atoms with van der Waals surface area (Å²) >= 11 is 0. The third-order valence-corrected chi connectivity index (χ3v) is 7.80. The molecule has 8 nitrogen and oxygen atoms in total. The van der Waals surface area contributed by atoms with Crippen LogP contribution in [0.25, 0.3) is 22.4 Å². The molecule has 5 heterocycles. The number of imidazole rings is 1. The summed E-state index contributed by atoms with van der Waals surface area (Å²) in [5.41, 5.74) is 3.28. The molecule has 3 aliphatic heterocycles. The predicted octanol–water partition coefficient (Wildman–Crippen LogP) is 1.21. The van der Waals surface area contributed by atoms with Crippen LogP contribution in [0.3, 0.4) is 0 Å². The van der Waals surface area contributed by atoms with Crippen LogP contribution in [-0.4, -0.2) is 89.6 Å². The highest BCUT2D eigenvalue weighted by Gasteiger charge is 2.62. The fourth-order valence-electron chi connectivity index (χ4n) is 5.73. The van der Waals surface area contributed by atoms with Crippen LogP contribution in [0.15, 0.2) is 42.6 Å². The maximum atomic E-state index is 5.07. The number of rotatable bonds is 0. The summed E-state index contributed by atoms with van der Waals surface area (Å²) in [4.78, 5) is 9.94. The van der Waals surface area contributed by atoms with E-state index in [9.17, 15) is 0 Å². The molecule has 0 aliphatic carbocycles. The van der Waals surface area contributed by atoms with Crippen LogP contribution in [0.1, 0.15) is 0 Å². The molecule has 2 fully saturated rings. The van der Waals surface area contributed by atoms with Crippen molar-refractivity contribution >= 4 is 52.0 Å². The van der Waals surface area contributed by atoms with Gasteiger partial charge in [-0.25, -0.2) is 9.97 Å². The maximum Gasteiger partial charge on any atom is 0.446 e. The molecule has 0 saturated carbocycles. The first-order chi connectivity index (χ1) is 14.9. The lowest BCUT2D eigenvalue weighted by molar-refractivity contribution is 0.512. The zero-order valence-electron chi connectivity index (χ0n) is 19.0. The molecule has 1 aromatic carbocycles. The highest BCUT2D eigenvalue weighted by molar-refractivity contribution is 7.02. The zero-order valence-corrected chi connectivity index (χ0v) is 19.0. The molecule has 6 rings (SSSR count). The van der Waals surface area contributed by atoms with E-state index in [1.54, 1.807) is 0 Å². The first-order valence-corrected chi connectivity index (χ1v) is 11.1. The molecule has 3 aromatic rings. The molecule has 0 N–H and O–H groups in total. The number of hydrogen-bond acceptors (Lipinski definition) is 7. The van der Waals surface area contributed by atoms with Crippen molar-refractivity contribution in [3.63, 3.8) is 0 Å². The largest absolute Gasteiger partial charge is 0.446 e. The van der Waals surface area contributed by atoms with Crippen LogP contribution in [0, 0.1) is 0 Å². The van der Waals surface area contributed by atoms with Gasteiger partial charge in [0.05, 0.1) is 16.6 Å². The van der Waals surface area contributed by atoms with Gasteiger partial charge in [-0.1, -0.05) is 32.6 Å². The van der Waals surface area contributed by atoms with Gasteiger partial charge in [-0.2, -0.15) is 0 Å². The minimum absolute atomic E-state index is 0.0200. The molecule has 0 atom stereocenters. The second-order valence-corrected chi connectivity index (χ2v) is 9.11. The van der Waals surface area contributed by atoms with E-state index < -0.39 is 0 Å². The number of nitrogens with zero attached hydrogens (tertiary/aromatic N) is 8. The Hall–Kier alpha value is -2.20. The number of aromatic nitrogens is 3. The van der Waals surface area contributed by atoms with E-state index in [1.807, 2.05) is 12.3 Å². The van der Waals surface area contributed by atoms with Gasteiger partial charge in [0.2, 0.25) is 0 Å². The molecular weight excluding hydrogens is 382 g/mol. The van der Waals surface area contributed by atoms with Crippen LogP contribution >= 0.6 is 0 Å². The van der Waals surface area contributed by atoms with Gasteiger partial charge in [0, 0.05) is 6.20 Å². The Kier molecular flexibility index (Phi) is 4.18. The summed E-state index contributed by atoms with van der Waals surface area (Å²) < 4.78 is 14.8. The van der Waals surface area contributed by atoms with Gasteiger partial charge in [0.15, 0.2) is 0 Å². The smallest absolute Gasteiger partial charge is 0.399 e. The average Bonchev–Trinajstić information content (AvgIpc) is 3.18. The van der Waals surface area contributed by atoms with E-state index in [2.05, 4.69) is 99.9 Å². The Bertz CT molecular complexity index is 1170. The molecule has 2 aromatic heterocycles. The van der Waals surface area contributed by atoms with E-state index in [1.165, 1.54) is 0 Å². The molecule has 152 valence electrons. The molecule has 0 radical (unpaired) electrons. The monoisotopic (exact) mass is 408 g/mol. The van der Waals surface area contributed by atoms with Crippen molar-refractivity contribution in [2.75, 3.05) is 25.9 Å². The molecule has 2 saturated heterocycles. The first-order valence-electron chi connectivity index (χ1n) is 11.1. The summed E-state index contributed by atoms with van der Waals surface area (Å²) in [7, 11) is 6.81. The number of benzene rings is 1. The van der Waals surface area contributed by atoms with Crippen LogP contribution in [0.5, 0.6) is 0 Å². The molecule has 31 heavy (non-hydrogen) atoms. The average molecular weight is 408 g/mol. The van der Waals surface area contributed by atoms with Crippen molar-refractivity contribution in [1.82, 2.24) is 33.2 Å². The van der Waals surface area contributed by atoms with Crippen molar-refractivity contribution in [1.29, 1.82) is 0 Å². The summed E-state index contributed by atoms with van der Waals surface area (Å²) in [5.74, 6) is 2.00. The molecular formula is C18H25B5N8. The Morgan fingerprint density at radius 1 is 0.774 bits per heavy atom. The summed E-state index contributed by atoms with van der Waals surface area (Å²) in [6.07, 6.45) is 1.90. The molecule has 0 bridgehead atoms. The third kappa shape index (κ3) is 2.40. The summed E-state index contributed by atoms with van der Waals surface area (Å²) in [6, 6.07) is 12.6. The second-order valence-electron chi connectivity index (χ2n) is 9.11. The Morgan fingerprint density at radius 2 is 1.52 bits per heavy atom. The minimum Gasteiger partial charge on any atom is -0.399 e. The van der Waals surface area contributed by atoms with Crippen molar-refractivity contribution < 1.29 is 0 Å². The standard InChI is InChI=1S/C18H25B5N8/c1-19-26(4)21(3)31-22(27(19)5)28(6)20(2)30-17-14(10-9-13-24-17)18-25-15-11-7-8-12-16(15)29(18)23(30)31/h7-13H,1-6H3. The van der Waals surface area contributed by atoms with Crippen LogP contribution < -0.4 is 4.72 Å². The van der Waals surface area contributed by atoms with Gasteiger partial charge in [-0.05, 0) is 45.4 Å². The lowest BCUT2D eigenvalue weighted by Crippen LogP contribution is -2.90. The Morgan fingerprint density at radius 3 is 2.32 bits per heavy atom. The van der Waals surface area contributed by atoms with Crippen molar-refractivity contribution in [2.45, 2.75) is 20.5 Å². The third-order valence-electron chi connectivity index (χ3n) is 7.80. The SMILES string of the molecule is CB1N(C)B(C)N2B(N1C)N(C)B(C)N1B2n2c(nc3ccccc32)-c2cccnc21. The van der Waals surface area contributed by atoms with Crippen LogP contribution in [0.4, 0.5) is 5.82 Å². The van der Waals surface area contributed by atoms with Gasteiger partial charge >= 0.3 is 21.2 Å². The normalized spacial score (nSPS) is 20.3. The quantitative estimate of drug-likeness (QED) is 0.519. The van der Waals surface area contributed by atoms with Crippen LogP contribution in [0.2, 0.25) is 20.5 Å². The van der Waals surface area contributed by atoms with Crippen LogP contribution in [-0.2, 0) is 0 Å². The predicted molar refractivity (Wildman–Crippen MR) is 132 cm³/mol. The minimum atomic E-state index is -0.0200. The lowest BCUT2D eigenvalue weighted by atomic mass is 9.38. The fraction of sp³-hybridized carbons (Fsp3) is 0.333. The van der Waals surface area contributed by atoms with Crippen molar-refractivity contribution in [3.05, 3.63) is 42.6 Å². The van der Waals surface area contributed by atoms with Crippen molar-refractivity contribution in [3.8, 4) is 11.4 Å². The van der Waals surface area contributed by atoms with E-state index in [4.69, 9.17) is 9.97 Å². The van der Waals surface area contributed by atoms with Gasteiger partial charge in [-0.3, -0.25) is 0 Å².